The largest absolute Gasteiger partial charge is 0.481 e. The average Bonchev–Trinajstić information content (AvgIpc) is 2.83. The number of carbonyl (C=O) groups is 2. The highest BCUT2D eigenvalue weighted by Gasteiger charge is 2.25. The lowest BCUT2D eigenvalue weighted by Gasteiger charge is -2.16. The van der Waals surface area contributed by atoms with Gasteiger partial charge in [0, 0.05) is 9.90 Å². The highest BCUT2D eigenvalue weighted by Crippen LogP contribution is 2.33. The SMILES string of the molecule is Cc1cc(Cl)ccc1OC(C)C(=O)Nc1sc(C)c(C)c1C(=O)OC(C)C. The third-order valence-electron chi connectivity index (χ3n) is 3.98. The molecule has 0 saturated carbocycles. The number of benzene rings is 1. The summed E-state index contributed by atoms with van der Waals surface area (Å²) in [5.74, 6) is -0.200. The van der Waals surface area contributed by atoms with E-state index >= 15 is 0 Å². The van der Waals surface area contributed by atoms with Crippen LogP contribution in [0, 0.1) is 20.8 Å². The van der Waals surface area contributed by atoms with E-state index in [4.69, 9.17) is 21.1 Å². The lowest BCUT2D eigenvalue weighted by atomic mass is 10.1. The van der Waals surface area contributed by atoms with E-state index in [0.29, 0.717) is 21.3 Å². The summed E-state index contributed by atoms with van der Waals surface area (Å²) in [5, 5.41) is 3.89. The molecule has 2 rings (SSSR count). The minimum absolute atomic E-state index is 0.240. The van der Waals surface area contributed by atoms with Gasteiger partial charge in [0.2, 0.25) is 0 Å². The van der Waals surface area contributed by atoms with E-state index in [0.717, 1.165) is 16.0 Å². The number of rotatable bonds is 6. The lowest BCUT2D eigenvalue weighted by molar-refractivity contribution is -0.122. The summed E-state index contributed by atoms with van der Waals surface area (Å²) in [7, 11) is 0. The highest BCUT2D eigenvalue weighted by atomic mass is 35.5. The van der Waals surface area contributed by atoms with E-state index in [2.05, 4.69) is 5.32 Å². The third kappa shape index (κ3) is 5.23. The second-order valence-corrected chi connectivity index (χ2v) is 8.26. The molecule has 0 radical (unpaired) electrons. The minimum Gasteiger partial charge on any atom is -0.481 e. The van der Waals surface area contributed by atoms with Crippen molar-refractivity contribution in [2.24, 2.45) is 0 Å². The van der Waals surface area contributed by atoms with Crippen LogP contribution < -0.4 is 10.1 Å². The maximum absolute atomic E-state index is 12.6. The van der Waals surface area contributed by atoms with E-state index in [1.807, 2.05) is 20.8 Å². The van der Waals surface area contributed by atoms with Crippen LogP contribution in [0.2, 0.25) is 5.02 Å². The lowest BCUT2D eigenvalue weighted by Crippen LogP contribution is -2.30. The van der Waals surface area contributed by atoms with Crippen LogP contribution in [0.15, 0.2) is 18.2 Å². The van der Waals surface area contributed by atoms with E-state index in [1.165, 1.54) is 11.3 Å². The Hall–Kier alpha value is -2.05. The van der Waals surface area contributed by atoms with Crippen LogP contribution in [-0.2, 0) is 9.53 Å². The van der Waals surface area contributed by atoms with Crippen molar-refractivity contribution in [2.45, 2.75) is 53.8 Å². The molecule has 0 aliphatic carbocycles. The molecule has 0 fully saturated rings. The Labute approximate surface area is 168 Å². The quantitative estimate of drug-likeness (QED) is 0.657. The summed E-state index contributed by atoms with van der Waals surface area (Å²) < 4.78 is 11.1. The molecule has 7 heteroatoms. The molecule has 1 amide bonds. The van der Waals surface area contributed by atoms with Crippen LogP contribution in [0.4, 0.5) is 5.00 Å². The van der Waals surface area contributed by atoms with Gasteiger partial charge in [-0.3, -0.25) is 4.79 Å². The van der Waals surface area contributed by atoms with Crippen molar-refractivity contribution in [3.63, 3.8) is 0 Å². The molecule has 27 heavy (non-hydrogen) atoms. The van der Waals surface area contributed by atoms with Gasteiger partial charge < -0.3 is 14.8 Å². The summed E-state index contributed by atoms with van der Waals surface area (Å²) in [6, 6.07) is 5.21. The summed E-state index contributed by atoms with van der Waals surface area (Å²) in [6.07, 6.45) is -0.989. The number of thiophene rings is 1. The third-order valence-corrected chi connectivity index (χ3v) is 5.34. The summed E-state index contributed by atoms with van der Waals surface area (Å²) in [5.41, 5.74) is 2.05. The van der Waals surface area contributed by atoms with Crippen molar-refractivity contribution < 1.29 is 19.1 Å². The summed E-state index contributed by atoms with van der Waals surface area (Å²) >= 11 is 7.29. The van der Waals surface area contributed by atoms with E-state index in [9.17, 15) is 9.59 Å². The Balaban J connectivity index is 2.17. The van der Waals surface area contributed by atoms with Gasteiger partial charge in [0.15, 0.2) is 6.10 Å². The van der Waals surface area contributed by atoms with Crippen LogP contribution >= 0.6 is 22.9 Å². The number of esters is 1. The van der Waals surface area contributed by atoms with Crippen molar-refractivity contribution in [1.82, 2.24) is 0 Å². The van der Waals surface area contributed by atoms with Crippen molar-refractivity contribution >= 4 is 39.8 Å². The van der Waals surface area contributed by atoms with E-state index in [-0.39, 0.29) is 12.0 Å². The molecular formula is C20H24ClNO4S. The first-order valence-corrected chi connectivity index (χ1v) is 9.84. The molecule has 5 nitrogen and oxygen atoms in total. The van der Waals surface area contributed by atoms with Crippen LogP contribution in [0.3, 0.4) is 0 Å². The van der Waals surface area contributed by atoms with Crippen LogP contribution in [0.25, 0.3) is 0 Å². The Bertz CT molecular complexity index is 860. The number of amides is 1. The van der Waals surface area contributed by atoms with Crippen molar-refractivity contribution in [2.75, 3.05) is 5.32 Å². The summed E-state index contributed by atoms with van der Waals surface area (Å²) in [6.45, 7) is 10.8. The van der Waals surface area contributed by atoms with E-state index < -0.39 is 12.1 Å². The average molecular weight is 410 g/mol. The minimum atomic E-state index is -0.749. The molecule has 0 spiro atoms. The van der Waals surface area contributed by atoms with E-state index in [1.54, 1.807) is 39.0 Å². The van der Waals surface area contributed by atoms with Gasteiger partial charge in [0.25, 0.3) is 5.91 Å². The fourth-order valence-corrected chi connectivity index (χ4v) is 3.71. The molecule has 0 bridgehead atoms. The molecular weight excluding hydrogens is 386 g/mol. The molecule has 1 heterocycles. The Morgan fingerprint density at radius 3 is 2.41 bits per heavy atom. The van der Waals surface area contributed by atoms with Gasteiger partial charge >= 0.3 is 5.97 Å². The number of aryl methyl sites for hydroxylation is 2. The predicted octanol–water partition coefficient (Wildman–Crippen LogP) is 5.30. The summed E-state index contributed by atoms with van der Waals surface area (Å²) in [4.78, 5) is 26.0. The molecule has 1 atom stereocenters. The topological polar surface area (TPSA) is 64.6 Å². The Kier molecular flexibility index (Phi) is 6.89. The molecule has 1 unspecified atom stereocenters. The molecule has 0 aliphatic heterocycles. The second-order valence-electron chi connectivity index (χ2n) is 6.60. The van der Waals surface area contributed by atoms with Crippen LogP contribution in [0.5, 0.6) is 5.75 Å². The molecule has 1 aromatic carbocycles. The number of carbonyl (C=O) groups excluding carboxylic acids is 2. The Morgan fingerprint density at radius 1 is 1.15 bits per heavy atom. The zero-order valence-corrected chi connectivity index (χ0v) is 17.9. The number of ether oxygens (including phenoxy) is 2. The number of hydrogen-bond acceptors (Lipinski definition) is 5. The van der Waals surface area contributed by atoms with Gasteiger partial charge in [0.1, 0.15) is 10.8 Å². The highest BCUT2D eigenvalue weighted by molar-refractivity contribution is 7.16. The van der Waals surface area contributed by atoms with Gasteiger partial charge in [-0.05, 0) is 70.9 Å². The molecule has 2 aromatic rings. The molecule has 1 N–H and O–H groups in total. The van der Waals surface area contributed by atoms with Gasteiger partial charge in [-0.25, -0.2) is 4.79 Å². The van der Waals surface area contributed by atoms with Gasteiger partial charge in [0.05, 0.1) is 11.7 Å². The normalized spacial score (nSPS) is 12.0. The number of halogens is 1. The fraction of sp³-hybridized carbons (Fsp3) is 0.400. The van der Waals surface area contributed by atoms with Gasteiger partial charge in [-0.15, -0.1) is 11.3 Å². The maximum Gasteiger partial charge on any atom is 0.341 e. The van der Waals surface area contributed by atoms with Crippen molar-refractivity contribution in [1.29, 1.82) is 0 Å². The van der Waals surface area contributed by atoms with Crippen molar-refractivity contribution in [3.05, 3.63) is 44.8 Å². The maximum atomic E-state index is 12.6. The number of hydrogen-bond donors (Lipinski definition) is 1. The first-order valence-electron chi connectivity index (χ1n) is 8.64. The fourth-order valence-electron chi connectivity index (χ4n) is 2.44. The van der Waals surface area contributed by atoms with Crippen LogP contribution in [0.1, 0.15) is 47.1 Å². The van der Waals surface area contributed by atoms with Crippen molar-refractivity contribution in [3.8, 4) is 5.75 Å². The first-order chi connectivity index (χ1) is 12.6. The monoisotopic (exact) mass is 409 g/mol. The molecule has 0 saturated heterocycles. The van der Waals surface area contributed by atoms with Gasteiger partial charge in [-0.2, -0.15) is 0 Å². The zero-order valence-electron chi connectivity index (χ0n) is 16.3. The van der Waals surface area contributed by atoms with Gasteiger partial charge in [-0.1, -0.05) is 11.6 Å². The Morgan fingerprint density at radius 2 is 1.81 bits per heavy atom. The molecule has 146 valence electrons. The zero-order chi connectivity index (χ0) is 20.3. The molecule has 1 aromatic heterocycles. The number of anilines is 1. The number of nitrogens with one attached hydrogen (secondary N) is 1. The van der Waals surface area contributed by atoms with Crippen LogP contribution in [-0.4, -0.2) is 24.1 Å². The standard InChI is InChI=1S/C20H24ClNO4S/c1-10(2)25-20(24)17-12(4)14(6)27-19(17)22-18(23)13(5)26-16-8-7-15(21)9-11(16)3/h7-10,13H,1-6H3,(H,22,23). The second kappa shape index (κ2) is 8.76. The smallest absolute Gasteiger partial charge is 0.341 e. The predicted molar refractivity (Wildman–Crippen MR) is 109 cm³/mol. The molecule has 0 aliphatic rings. The first kappa shape index (κ1) is 21.3.